The van der Waals surface area contributed by atoms with Crippen LogP contribution in [0.1, 0.15) is 11.4 Å². The first-order valence-electron chi connectivity index (χ1n) is 9.44. The van der Waals surface area contributed by atoms with E-state index < -0.39 is 0 Å². The van der Waals surface area contributed by atoms with Crippen LogP contribution in [0.5, 0.6) is 0 Å². The van der Waals surface area contributed by atoms with Gasteiger partial charge in [0.1, 0.15) is 12.1 Å². The molecule has 0 bridgehead atoms. The maximum Gasteiger partial charge on any atom is 0.234 e. The number of amides is 1. The Morgan fingerprint density at radius 3 is 2.73 bits per heavy atom. The predicted octanol–water partition coefficient (Wildman–Crippen LogP) is 3.30. The molecular weight excluding hydrogens is 398 g/mol. The van der Waals surface area contributed by atoms with Crippen molar-refractivity contribution >= 4 is 34.4 Å². The van der Waals surface area contributed by atoms with Gasteiger partial charge in [-0.15, -0.1) is 21.9 Å². The molecule has 0 aliphatic rings. The number of hydrogen-bond acceptors (Lipinski definition) is 6. The highest BCUT2D eigenvalue weighted by Crippen LogP contribution is 2.19. The molecule has 30 heavy (non-hydrogen) atoms. The molecule has 0 unspecified atom stereocenters. The summed E-state index contributed by atoms with van der Waals surface area (Å²) < 4.78 is 3.73. The van der Waals surface area contributed by atoms with Crippen LogP contribution in [0.2, 0.25) is 0 Å². The van der Waals surface area contributed by atoms with Gasteiger partial charge < -0.3 is 9.88 Å². The maximum absolute atomic E-state index is 12.3. The van der Waals surface area contributed by atoms with E-state index in [1.165, 1.54) is 11.8 Å². The molecule has 2 aromatic carbocycles. The second-order valence-corrected chi connectivity index (χ2v) is 7.68. The summed E-state index contributed by atoms with van der Waals surface area (Å²) in [6, 6.07) is 15.5. The second-order valence-electron chi connectivity index (χ2n) is 6.74. The summed E-state index contributed by atoms with van der Waals surface area (Å²) in [4.78, 5) is 12.3. The summed E-state index contributed by atoms with van der Waals surface area (Å²) in [5.41, 5.74) is 3.68. The maximum atomic E-state index is 12.3. The molecular formula is C21H21N7OS. The molecule has 2 heterocycles. The molecule has 0 fully saturated rings. The Morgan fingerprint density at radius 2 is 1.93 bits per heavy atom. The highest BCUT2D eigenvalue weighted by Gasteiger charge is 2.15. The van der Waals surface area contributed by atoms with Gasteiger partial charge in [-0.25, -0.2) is 4.68 Å². The summed E-state index contributed by atoms with van der Waals surface area (Å²) in [7, 11) is 0. The fraction of sp³-hybridized carbons (Fsp3) is 0.190. The van der Waals surface area contributed by atoms with Crippen LogP contribution >= 0.6 is 11.8 Å². The molecule has 0 saturated carbocycles. The van der Waals surface area contributed by atoms with E-state index >= 15 is 0 Å². The number of nitrogens with zero attached hydrogens (tertiary/aromatic N) is 6. The number of nitrogens with one attached hydrogen (secondary N) is 1. The van der Waals surface area contributed by atoms with Crippen molar-refractivity contribution in [2.75, 3.05) is 11.1 Å². The van der Waals surface area contributed by atoms with E-state index in [1.54, 1.807) is 10.8 Å². The number of fused-ring (bicyclic) bond motifs is 1. The zero-order valence-electron chi connectivity index (χ0n) is 16.5. The zero-order chi connectivity index (χ0) is 20.9. The number of carbonyl (C=O) groups is 1. The van der Waals surface area contributed by atoms with E-state index in [9.17, 15) is 4.79 Å². The summed E-state index contributed by atoms with van der Waals surface area (Å²) in [5.74, 6) is 0.864. The molecule has 9 heteroatoms. The van der Waals surface area contributed by atoms with Crippen molar-refractivity contribution in [1.82, 2.24) is 29.8 Å². The third-order valence-electron chi connectivity index (χ3n) is 4.48. The number of anilines is 1. The molecule has 1 amide bonds. The van der Waals surface area contributed by atoms with Gasteiger partial charge in [0.25, 0.3) is 0 Å². The summed E-state index contributed by atoms with van der Waals surface area (Å²) in [5, 5.41) is 20.5. The van der Waals surface area contributed by atoms with Crippen LogP contribution < -0.4 is 5.32 Å². The summed E-state index contributed by atoms with van der Waals surface area (Å²) in [6.07, 6.45) is 1.78. The van der Waals surface area contributed by atoms with Crippen molar-refractivity contribution in [2.45, 2.75) is 25.2 Å². The molecule has 4 aromatic rings. The van der Waals surface area contributed by atoms with E-state index in [0.29, 0.717) is 18.2 Å². The quantitative estimate of drug-likeness (QED) is 0.348. The predicted molar refractivity (Wildman–Crippen MR) is 117 cm³/mol. The monoisotopic (exact) mass is 419 g/mol. The van der Waals surface area contributed by atoms with Gasteiger partial charge in [-0.05, 0) is 31.2 Å². The summed E-state index contributed by atoms with van der Waals surface area (Å²) in [6.45, 7) is 6.80. The minimum absolute atomic E-state index is 0.0965. The zero-order valence-corrected chi connectivity index (χ0v) is 17.3. The van der Waals surface area contributed by atoms with E-state index in [0.717, 1.165) is 28.1 Å². The van der Waals surface area contributed by atoms with Crippen LogP contribution in [0.25, 0.3) is 11.0 Å². The molecule has 4 rings (SSSR count). The number of carbonyl (C=O) groups excluding carboxylic acids is 1. The van der Waals surface area contributed by atoms with Gasteiger partial charge in [-0.3, -0.25) is 4.79 Å². The number of hydrogen-bond donors (Lipinski definition) is 1. The van der Waals surface area contributed by atoms with Crippen LogP contribution in [0.15, 0.2) is 66.3 Å². The standard InChI is InChI=1S/C21H21N7OS/c1-3-12-27-19(13-28-18-7-5-4-6-17(18)23-26-28)24-25-21(27)30-14-20(29)22-16-10-8-15(2)9-11-16/h3-11H,1,12-14H2,2H3,(H,22,29). The topological polar surface area (TPSA) is 90.5 Å². The van der Waals surface area contributed by atoms with E-state index in [2.05, 4.69) is 32.4 Å². The molecule has 2 aromatic heterocycles. The lowest BCUT2D eigenvalue weighted by Gasteiger charge is -2.08. The van der Waals surface area contributed by atoms with Gasteiger partial charge in [0, 0.05) is 12.2 Å². The number of rotatable bonds is 8. The van der Waals surface area contributed by atoms with Crippen molar-refractivity contribution in [1.29, 1.82) is 0 Å². The number of thioether (sulfide) groups is 1. The van der Waals surface area contributed by atoms with Crippen molar-refractivity contribution in [3.8, 4) is 0 Å². The molecule has 152 valence electrons. The fourth-order valence-corrected chi connectivity index (χ4v) is 3.75. The van der Waals surface area contributed by atoms with Crippen LogP contribution in [0, 0.1) is 6.92 Å². The Labute approximate surface area is 178 Å². The van der Waals surface area contributed by atoms with Gasteiger partial charge in [-0.1, -0.05) is 52.9 Å². The number of allylic oxidation sites excluding steroid dienone is 1. The van der Waals surface area contributed by atoms with Crippen molar-refractivity contribution < 1.29 is 4.79 Å². The van der Waals surface area contributed by atoms with Gasteiger partial charge in [0.15, 0.2) is 11.0 Å². The smallest absolute Gasteiger partial charge is 0.234 e. The van der Waals surface area contributed by atoms with Crippen LogP contribution in [-0.4, -0.2) is 41.4 Å². The average Bonchev–Trinajstić information content (AvgIpc) is 3.33. The highest BCUT2D eigenvalue weighted by atomic mass is 32.2. The van der Waals surface area contributed by atoms with Crippen LogP contribution in [-0.2, 0) is 17.9 Å². The first kappa shape index (κ1) is 19.8. The number of aromatic nitrogens is 6. The largest absolute Gasteiger partial charge is 0.325 e. The lowest BCUT2D eigenvalue weighted by atomic mass is 10.2. The third-order valence-corrected chi connectivity index (χ3v) is 5.45. The van der Waals surface area contributed by atoms with E-state index in [4.69, 9.17) is 0 Å². The molecule has 0 radical (unpaired) electrons. The fourth-order valence-electron chi connectivity index (χ4n) is 2.99. The molecule has 0 saturated heterocycles. The van der Waals surface area contributed by atoms with Gasteiger partial charge in [-0.2, -0.15) is 0 Å². The highest BCUT2D eigenvalue weighted by molar-refractivity contribution is 7.99. The van der Waals surface area contributed by atoms with Crippen molar-refractivity contribution in [3.05, 3.63) is 72.6 Å². The number of benzene rings is 2. The van der Waals surface area contributed by atoms with Crippen LogP contribution in [0.4, 0.5) is 5.69 Å². The molecule has 0 aliphatic carbocycles. The number of para-hydroxylation sites is 1. The minimum atomic E-state index is -0.0965. The molecule has 0 aliphatic heterocycles. The van der Waals surface area contributed by atoms with Gasteiger partial charge in [0.05, 0.1) is 11.3 Å². The van der Waals surface area contributed by atoms with Crippen molar-refractivity contribution in [3.63, 3.8) is 0 Å². The van der Waals surface area contributed by atoms with E-state index in [-0.39, 0.29) is 11.7 Å². The normalized spacial score (nSPS) is 11.0. The molecule has 1 N–H and O–H groups in total. The first-order valence-corrected chi connectivity index (χ1v) is 10.4. The Morgan fingerprint density at radius 1 is 1.13 bits per heavy atom. The molecule has 0 spiro atoms. The molecule has 8 nitrogen and oxygen atoms in total. The Hall–Kier alpha value is -3.46. The average molecular weight is 420 g/mol. The number of aryl methyl sites for hydroxylation is 1. The Bertz CT molecular complexity index is 1180. The van der Waals surface area contributed by atoms with Crippen molar-refractivity contribution in [2.24, 2.45) is 0 Å². The lowest BCUT2D eigenvalue weighted by Crippen LogP contribution is -2.15. The Balaban J connectivity index is 1.46. The SMILES string of the molecule is C=CCn1c(Cn2nnc3ccccc32)nnc1SCC(=O)Nc1ccc(C)cc1. The Kier molecular flexibility index (Phi) is 5.89. The third kappa shape index (κ3) is 4.41. The minimum Gasteiger partial charge on any atom is -0.325 e. The van der Waals surface area contributed by atoms with E-state index in [1.807, 2.05) is 60.0 Å². The first-order chi connectivity index (χ1) is 14.6. The van der Waals surface area contributed by atoms with Gasteiger partial charge in [0.2, 0.25) is 5.91 Å². The lowest BCUT2D eigenvalue weighted by molar-refractivity contribution is -0.113. The van der Waals surface area contributed by atoms with Gasteiger partial charge >= 0.3 is 0 Å². The summed E-state index contributed by atoms with van der Waals surface area (Å²) >= 11 is 1.34. The second kappa shape index (κ2) is 8.91. The van der Waals surface area contributed by atoms with Crippen LogP contribution in [0.3, 0.4) is 0 Å². The molecule has 0 atom stereocenters.